The van der Waals surface area contributed by atoms with Crippen molar-refractivity contribution in [2.75, 3.05) is 6.61 Å². The Morgan fingerprint density at radius 1 is 1.00 bits per heavy atom. The fourth-order valence-corrected chi connectivity index (χ4v) is 5.50. The number of benzene rings is 2. The van der Waals surface area contributed by atoms with Crippen LogP contribution in [0.4, 0.5) is 0 Å². The van der Waals surface area contributed by atoms with Gasteiger partial charge in [-0.3, -0.25) is 4.98 Å². The second-order valence-corrected chi connectivity index (χ2v) is 10.8. The van der Waals surface area contributed by atoms with E-state index in [0.29, 0.717) is 36.8 Å². The van der Waals surface area contributed by atoms with Crippen molar-refractivity contribution in [3.05, 3.63) is 94.3 Å². The Kier molecular flexibility index (Phi) is 9.49. The van der Waals surface area contributed by atoms with E-state index < -0.39 is 6.10 Å². The summed E-state index contributed by atoms with van der Waals surface area (Å²) in [5, 5.41) is 34.8. The summed E-state index contributed by atoms with van der Waals surface area (Å²) in [5.41, 5.74) is 4.93. The summed E-state index contributed by atoms with van der Waals surface area (Å²) >= 11 is 6.69. The maximum Gasteiger partial charge on any atom is 0.185 e. The van der Waals surface area contributed by atoms with Gasteiger partial charge in [-0.25, -0.2) is 4.98 Å². The van der Waals surface area contributed by atoms with Gasteiger partial charge in [0.15, 0.2) is 17.2 Å². The fourth-order valence-electron chi connectivity index (χ4n) is 5.20. The van der Waals surface area contributed by atoms with Crippen LogP contribution < -0.4 is 0 Å². The first-order valence-corrected chi connectivity index (χ1v) is 14.9. The zero-order valence-electron chi connectivity index (χ0n) is 24.8. The second kappa shape index (κ2) is 13.5. The minimum atomic E-state index is -1.28. The van der Waals surface area contributed by atoms with E-state index in [2.05, 4.69) is 44.5 Å². The van der Waals surface area contributed by atoms with Crippen LogP contribution in [0.1, 0.15) is 74.4 Å². The van der Waals surface area contributed by atoms with E-state index in [4.69, 9.17) is 16.3 Å². The van der Waals surface area contributed by atoms with Crippen LogP contribution in [0, 0.1) is 6.92 Å². The number of aryl methyl sites for hydroxylation is 2. The van der Waals surface area contributed by atoms with Gasteiger partial charge in [-0.2, -0.15) is 4.68 Å². The van der Waals surface area contributed by atoms with Crippen LogP contribution in [0.5, 0.6) is 5.75 Å². The van der Waals surface area contributed by atoms with Gasteiger partial charge in [0, 0.05) is 30.8 Å². The van der Waals surface area contributed by atoms with Crippen molar-refractivity contribution in [2.45, 2.75) is 65.8 Å². The van der Waals surface area contributed by atoms with Gasteiger partial charge in [-0.15, -0.1) is 5.10 Å². The van der Waals surface area contributed by atoms with Crippen molar-refractivity contribution < 1.29 is 14.9 Å². The number of pyridine rings is 1. The van der Waals surface area contributed by atoms with Gasteiger partial charge in [0.1, 0.15) is 23.4 Å². The lowest BCUT2D eigenvalue weighted by Gasteiger charge is -2.19. The van der Waals surface area contributed by atoms with Crippen LogP contribution in [0.15, 0.2) is 60.7 Å². The topological polar surface area (TPSA) is 124 Å². The highest BCUT2D eigenvalue weighted by atomic mass is 35.5. The smallest absolute Gasteiger partial charge is 0.185 e. The minimum absolute atomic E-state index is 0.109. The van der Waals surface area contributed by atoms with Crippen LogP contribution in [-0.2, 0) is 17.7 Å². The Bertz CT molecular complexity index is 1690. The lowest BCUT2D eigenvalue weighted by atomic mass is 9.96. The molecular weight excluding hydrogens is 566 g/mol. The van der Waals surface area contributed by atoms with Crippen LogP contribution in [0.3, 0.4) is 0 Å². The van der Waals surface area contributed by atoms with Crippen molar-refractivity contribution in [3.63, 3.8) is 0 Å². The molecule has 11 heteroatoms. The molecule has 0 aliphatic rings. The van der Waals surface area contributed by atoms with E-state index in [9.17, 15) is 10.2 Å². The number of rotatable bonds is 12. The molecule has 43 heavy (non-hydrogen) atoms. The highest BCUT2D eigenvalue weighted by molar-refractivity contribution is 6.30. The molecule has 3 aromatic heterocycles. The summed E-state index contributed by atoms with van der Waals surface area (Å²) < 4.78 is 9.42. The van der Waals surface area contributed by atoms with Crippen molar-refractivity contribution in [2.24, 2.45) is 0 Å². The molecule has 5 aromatic rings. The van der Waals surface area contributed by atoms with Crippen molar-refractivity contribution >= 4 is 11.6 Å². The van der Waals surface area contributed by atoms with Crippen molar-refractivity contribution in [1.82, 2.24) is 34.7 Å². The number of aromatic hydroxyl groups is 1. The average molecular weight is 602 g/mol. The maximum absolute atomic E-state index is 11.5. The number of halogens is 1. The van der Waals surface area contributed by atoms with Crippen LogP contribution in [-0.4, -0.2) is 51.6 Å². The second-order valence-electron chi connectivity index (χ2n) is 10.4. The lowest BCUT2D eigenvalue weighted by molar-refractivity contribution is 0.0159. The van der Waals surface area contributed by atoms with Crippen molar-refractivity contribution in [3.8, 4) is 28.3 Å². The predicted molar refractivity (Wildman–Crippen MR) is 165 cm³/mol. The van der Waals surface area contributed by atoms with Gasteiger partial charge in [0.05, 0.1) is 5.69 Å². The van der Waals surface area contributed by atoms with E-state index in [0.717, 1.165) is 40.9 Å². The first-order chi connectivity index (χ1) is 20.8. The Labute approximate surface area is 256 Å². The van der Waals surface area contributed by atoms with Gasteiger partial charge in [0.25, 0.3) is 0 Å². The summed E-state index contributed by atoms with van der Waals surface area (Å²) in [5.74, 6) is 1.21. The number of aliphatic hydroxyl groups excluding tert-OH is 1. The monoisotopic (exact) mass is 601 g/mol. The molecule has 0 radical (unpaired) electrons. The highest BCUT2D eigenvalue weighted by Gasteiger charge is 2.27. The predicted octanol–water partition coefficient (Wildman–Crippen LogP) is 6.29. The fraction of sp³-hybridized carbons (Fsp3) is 0.344. The van der Waals surface area contributed by atoms with E-state index in [1.165, 1.54) is 6.07 Å². The number of hydrogen-bond acceptors (Lipinski definition) is 8. The van der Waals surface area contributed by atoms with Gasteiger partial charge in [0.2, 0.25) is 0 Å². The van der Waals surface area contributed by atoms with E-state index in [-0.39, 0.29) is 22.8 Å². The first kappa shape index (κ1) is 30.3. The SMILES string of the molecule is CCCCc1nc(Cl)c(C(O)c2nc(C)ccc2O)n1Cc1ccc(-c2ccccc2)c(-c2nnnn2C(C)OCC)c1. The molecule has 0 spiro atoms. The molecule has 0 amide bonds. The molecule has 2 N–H and O–H groups in total. The van der Waals surface area contributed by atoms with Gasteiger partial charge < -0.3 is 19.5 Å². The van der Waals surface area contributed by atoms with E-state index in [1.54, 1.807) is 17.7 Å². The molecule has 2 atom stereocenters. The van der Waals surface area contributed by atoms with Gasteiger partial charge in [-0.05, 0) is 72.5 Å². The third kappa shape index (κ3) is 6.46. The van der Waals surface area contributed by atoms with Gasteiger partial charge in [-0.1, -0.05) is 67.4 Å². The molecule has 224 valence electrons. The molecule has 0 fully saturated rings. The third-order valence-electron chi connectivity index (χ3n) is 7.35. The zero-order valence-corrected chi connectivity index (χ0v) is 25.5. The molecule has 2 aromatic carbocycles. The average Bonchev–Trinajstić information content (AvgIpc) is 3.62. The molecule has 0 saturated carbocycles. The molecule has 10 nitrogen and oxygen atoms in total. The molecule has 0 aliphatic heterocycles. The lowest BCUT2D eigenvalue weighted by Crippen LogP contribution is -2.15. The summed E-state index contributed by atoms with van der Waals surface area (Å²) in [6.07, 6.45) is 0.900. The number of aliphatic hydroxyl groups is 1. The summed E-state index contributed by atoms with van der Waals surface area (Å²) in [7, 11) is 0. The quantitative estimate of drug-likeness (QED) is 0.171. The first-order valence-electron chi connectivity index (χ1n) is 14.5. The Morgan fingerprint density at radius 3 is 2.53 bits per heavy atom. The Morgan fingerprint density at radius 2 is 1.79 bits per heavy atom. The molecule has 2 unspecified atom stereocenters. The molecule has 0 saturated heterocycles. The van der Waals surface area contributed by atoms with Gasteiger partial charge >= 0.3 is 0 Å². The molecule has 3 heterocycles. The summed E-state index contributed by atoms with van der Waals surface area (Å²) in [4.78, 5) is 9.05. The zero-order chi connectivity index (χ0) is 30.5. The van der Waals surface area contributed by atoms with E-state index in [1.807, 2.05) is 54.8 Å². The Hall–Kier alpha value is -4.12. The summed E-state index contributed by atoms with van der Waals surface area (Å²) in [6.45, 7) is 8.64. The van der Waals surface area contributed by atoms with E-state index >= 15 is 0 Å². The normalized spacial score (nSPS) is 12.9. The number of imidazole rings is 1. The number of hydrogen-bond donors (Lipinski definition) is 2. The number of nitrogens with zero attached hydrogens (tertiary/aromatic N) is 7. The Balaban J connectivity index is 1.63. The standard InChI is InChI=1S/C32H36ClN7O3/c1-5-7-13-27-35-31(33)29(30(42)28-26(41)17-14-20(3)34-28)39(27)19-22-15-16-24(23-11-9-8-10-12-23)25(18-22)32-36-37-38-40(32)21(4)43-6-2/h8-12,14-18,21,30,41-42H,5-7,13,19H2,1-4H3. The van der Waals surface area contributed by atoms with Crippen LogP contribution in [0.25, 0.3) is 22.5 Å². The molecular formula is C32H36ClN7O3. The maximum atomic E-state index is 11.5. The minimum Gasteiger partial charge on any atom is -0.506 e. The number of aromatic nitrogens is 7. The van der Waals surface area contributed by atoms with Crippen LogP contribution in [0.2, 0.25) is 5.15 Å². The molecule has 0 aliphatic carbocycles. The number of ether oxygens (including phenoxy) is 1. The number of tetrazole rings is 1. The molecule has 5 rings (SSSR count). The largest absolute Gasteiger partial charge is 0.506 e. The van der Waals surface area contributed by atoms with Crippen LogP contribution >= 0.6 is 11.6 Å². The van der Waals surface area contributed by atoms with Crippen molar-refractivity contribution in [1.29, 1.82) is 0 Å². The third-order valence-corrected chi connectivity index (χ3v) is 7.63. The molecule has 0 bridgehead atoms. The number of unbranched alkanes of at least 4 members (excludes halogenated alkanes) is 1. The highest BCUT2D eigenvalue weighted by Crippen LogP contribution is 2.36. The summed E-state index contributed by atoms with van der Waals surface area (Å²) in [6, 6.07) is 19.4.